The Morgan fingerprint density at radius 3 is 2.62 bits per heavy atom. The Morgan fingerprint density at radius 2 is 2.04 bits per heavy atom. The van der Waals surface area contributed by atoms with E-state index in [0.29, 0.717) is 16.8 Å². The van der Waals surface area contributed by atoms with Crippen molar-refractivity contribution in [2.24, 2.45) is 17.4 Å². The molecule has 0 unspecified atom stereocenters. The molecule has 0 spiro atoms. The quantitative estimate of drug-likeness (QED) is 0.808. The highest BCUT2D eigenvalue weighted by molar-refractivity contribution is 7.20. The van der Waals surface area contributed by atoms with Crippen molar-refractivity contribution in [3.8, 4) is 0 Å². The lowest BCUT2D eigenvalue weighted by atomic mass is 9.72. The van der Waals surface area contributed by atoms with Crippen molar-refractivity contribution >= 4 is 33.7 Å². The molecule has 2 atom stereocenters. The van der Waals surface area contributed by atoms with E-state index in [1.807, 2.05) is 12.3 Å². The predicted molar refractivity (Wildman–Crippen MR) is 94.9 cm³/mol. The number of nitrogens with zero attached hydrogens (tertiary/aromatic N) is 2. The second kappa shape index (κ2) is 6.86. The smallest absolute Gasteiger partial charge is 0.258 e. The van der Waals surface area contributed by atoms with Crippen LogP contribution >= 0.6 is 11.3 Å². The minimum Gasteiger partial charge on any atom is -0.372 e. The molecule has 2 aromatic rings. The molecule has 2 bridgehead atoms. The van der Waals surface area contributed by atoms with Gasteiger partial charge in [0.05, 0.1) is 4.88 Å². The number of carbonyl (C=O) groups excluding carboxylic acids is 2. The van der Waals surface area contributed by atoms with Crippen LogP contribution in [-0.4, -0.2) is 41.3 Å². The van der Waals surface area contributed by atoms with E-state index in [-0.39, 0.29) is 12.3 Å². The van der Waals surface area contributed by atoms with E-state index in [4.69, 9.17) is 15.5 Å². The fourth-order valence-electron chi connectivity index (χ4n) is 4.05. The van der Waals surface area contributed by atoms with E-state index in [9.17, 15) is 4.79 Å². The minimum atomic E-state index is -0.353. The first-order valence-electron chi connectivity index (χ1n) is 8.14. The Labute approximate surface area is 144 Å². The van der Waals surface area contributed by atoms with Gasteiger partial charge in [-0.3, -0.25) is 19.5 Å². The van der Waals surface area contributed by atoms with Crippen molar-refractivity contribution in [2.75, 3.05) is 13.1 Å². The van der Waals surface area contributed by atoms with E-state index < -0.39 is 0 Å². The molecule has 7 heteroatoms. The maximum Gasteiger partial charge on any atom is 0.258 e. The average molecular weight is 346 g/mol. The Kier molecular flexibility index (Phi) is 4.82. The zero-order valence-electron chi connectivity index (χ0n) is 13.6. The van der Waals surface area contributed by atoms with E-state index in [1.165, 1.54) is 43.0 Å². The van der Waals surface area contributed by atoms with Gasteiger partial charge in [0.15, 0.2) is 0 Å². The summed E-state index contributed by atoms with van der Waals surface area (Å²) in [5.74, 6) is 0.926. The third kappa shape index (κ3) is 3.01. The Morgan fingerprint density at radius 1 is 1.38 bits per heavy atom. The lowest BCUT2D eigenvalue weighted by Gasteiger charge is -2.49. The highest BCUT2D eigenvalue weighted by atomic mass is 32.1. The predicted octanol–water partition coefficient (Wildman–Crippen LogP) is 1.69. The van der Waals surface area contributed by atoms with Gasteiger partial charge in [0.1, 0.15) is 0 Å². The van der Waals surface area contributed by atoms with Crippen LogP contribution in [-0.2, 0) is 4.79 Å². The van der Waals surface area contributed by atoms with Gasteiger partial charge in [0.2, 0.25) is 6.41 Å². The molecular weight excluding hydrogens is 324 g/mol. The van der Waals surface area contributed by atoms with Gasteiger partial charge in [0.25, 0.3) is 5.91 Å². The van der Waals surface area contributed by atoms with Crippen LogP contribution in [0.25, 0.3) is 10.1 Å². The van der Waals surface area contributed by atoms with Gasteiger partial charge in [-0.2, -0.15) is 0 Å². The van der Waals surface area contributed by atoms with E-state index in [2.05, 4.69) is 23.6 Å². The highest BCUT2D eigenvalue weighted by Gasteiger charge is 2.41. The number of pyridine rings is 1. The molecule has 4 N–H and O–H groups in total. The summed E-state index contributed by atoms with van der Waals surface area (Å²) in [6.45, 7) is 4.79. The molecule has 0 saturated carbocycles. The van der Waals surface area contributed by atoms with Gasteiger partial charge >= 0.3 is 0 Å². The lowest BCUT2D eigenvalue weighted by molar-refractivity contribution is -0.106. The highest BCUT2D eigenvalue weighted by Crippen LogP contribution is 2.43. The second-order valence-corrected chi connectivity index (χ2v) is 7.48. The van der Waals surface area contributed by atoms with Gasteiger partial charge < -0.3 is 11.5 Å². The Bertz CT molecular complexity index is 750. The molecular formula is C17H22N4O2S. The molecule has 2 amide bonds. The molecule has 5 heterocycles. The number of thiophene rings is 1. The number of carbonyl (C=O) groups is 2. The average Bonchev–Trinajstić information content (AvgIpc) is 3.00. The van der Waals surface area contributed by atoms with Crippen LogP contribution in [0.2, 0.25) is 0 Å². The van der Waals surface area contributed by atoms with Crippen molar-refractivity contribution in [3.05, 3.63) is 28.9 Å². The molecule has 2 aromatic heterocycles. The molecule has 6 nitrogen and oxygen atoms in total. The number of amides is 2. The standard InChI is InChI=1S/C16H19N3OS.CH3NO/c1-9-15(10-2-4-19(9)5-3-10)12-7-13-11(8-18-12)6-14(21-13)16(17)20;2-1-3/h6-10,15H,2-5H2,1H3,(H2,17,20);1H,(H2,2,3)/t9-,15-;/m0./s1. The summed E-state index contributed by atoms with van der Waals surface area (Å²) < 4.78 is 1.12. The van der Waals surface area contributed by atoms with E-state index in [0.717, 1.165) is 16.0 Å². The number of aromatic nitrogens is 1. The van der Waals surface area contributed by atoms with Crippen molar-refractivity contribution in [1.29, 1.82) is 0 Å². The number of piperidine rings is 3. The summed E-state index contributed by atoms with van der Waals surface area (Å²) in [6.07, 6.45) is 4.72. The van der Waals surface area contributed by atoms with Crippen LogP contribution in [0.3, 0.4) is 0 Å². The summed E-state index contributed by atoms with van der Waals surface area (Å²) in [7, 11) is 0. The van der Waals surface area contributed by atoms with E-state index in [1.54, 1.807) is 0 Å². The molecule has 3 aliphatic rings. The number of primary amides is 2. The van der Waals surface area contributed by atoms with E-state index >= 15 is 0 Å². The fraction of sp³-hybridized carbons (Fsp3) is 0.471. The second-order valence-electron chi connectivity index (χ2n) is 6.40. The van der Waals surface area contributed by atoms with Gasteiger partial charge in [-0.05, 0) is 50.9 Å². The summed E-state index contributed by atoms with van der Waals surface area (Å²) in [5.41, 5.74) is 10.7. The monoisotopic (exact) mass is 346 g/mol. The Hall–Kier alpha value is -1.99. The normalized spacial score (nSPS) is 28.2. The van der Waals surface area contributed by atoms with Crippen LogP contribution in [0.1, 0.15) is 41.0 Å². The third-order valence-corrected chi connectivity index (χ3v) is 6.30. The zero-order chi connectivity index (χ0) is 17.3. The number of hydrogen-bond donors (Lipinski definition) is 2. The topological polar surface area (TPSA) is 102 Å². The summed E-state index contributed by atoms with van der Waals surface area (Å²) in [6, 6.07) is 4.59. The minimum absolute atomic E-state index is 0.250. The van der Waals surface area contributed by atoms with Crippen LogP contribution in [0.5, 0.6) is 0 Å². The summed E-state index contributed by atoms with van der Waals surface area (Å²) in [5, 5.41) is 1.02. The first-order valence-corrected chi connectivity index (χ1v) is 8.95. The third-order valence-electron chi connectivity index (χ3n) is 5.18. The number of fused-ring (bicyclic) bond motifs is 4. The molecule has 128 valence electrons. The molecule has 0 radical (unpaired) electrons. The van der Waals surface area contributed by atoms with Gasteiger partial charge in [-0.1, -0.05) is 0 Å². The molecule has 3 saturated heterocycles. The van der Waals surface area contributed by atoms with Crippen molar-refractivity contribution in [2.45, 2.75) is 31.7 Å². The summed E-state index contributed by atoms with van der Waals surface area (Å²) >= 11 is 1.48. The van der Waals surface area contributed by atoms with Crippen LogP contribution < -0.4 is 11.5 Å². The van der Waals surface area contributed by atoms with Crippen LogP contribution in [0, 0.1) is 5.92 Å². The maximum absolute atomic E-state index is 11.3. The van der Waals surface area contributed by atoms with Crippen molar-refractivity contribution < 1.29 is 9.59 Å². The zero-order valence-corrected chi connectivity index (χ0v) is 14.5. The molecule has 24 heavy (non-hydrogen) atoms. The number of rotatable bonds is 2. The van der Waals surface area contributed by atoms with Crippen LogP contribution in [0.15, 0.2) is 18.3 Å². The first-order chi connectivity index (χ1) is 11.5. The number of nitrogens with two attached hydrogens (primary N) is 2. The molecule has 5 rings (SSSR count). The van der Waals surface area contributed by atoms with Crippen LogP contribution in [0.4, 0.5) is 0 Å². The van der Waals surface area contributed by atoms with Gasteiger partial charge in [-0.25, -0.2) is 0 Å². The maximum atomic E-state index is 11.3. The van der Waals surface area contributed by atoms with Crippen molar-refractivity contribution in [3.63, 3.8) is 0 Å². The molecule has 0 aliphatic carbocycles. The lowest BCUT2D eigenvalue weighted by Crippen LogP contribution is -2.52. The van der Waals surface area contributed by atoms with Gasteiger partial charge in [-0.15, -0.1) is 11.3 Å². The SMILES string of the molecule is C[C@H]1[C@H](c2cc3sc(C(N)=O)cc3cn2)C2CCN1CC2.NC=O. The molecule has 3 aliphatic heterocycles. The largest absolute Gasteiger partial charge is 0.372 e. The fourth-order valence-corrected chi connectivity index (χ4v) is 4.98. The molecule has 3 fully saturated rings. The number of hydrogen-bond acceptors (Lipinski definition) is 5. The molecule has 0 aromatic carbocycles. The summed E-state index contributed by atoms with van der Waals surface area (Å²) in [4.78, 5) is 27.8. The van der Waals surface area contributed by atoms with Gasteiger partial charge in [0, 0.05) is 33.9 Å². The first kappa shape index (κ1) is 16.9. The van der Waals surface area contributed by atoms with Crippen molar-refractivity contribution in [1.82, 2.24) is 9.88 Å². The Balaban J connectivity index is 0.000000526.